The number of benzene rings is 1. The highest BCUT2D eigenvalue weighted by molar-refractivity contribution is 7.22. The van der Waals surface area contributed by atoms with Gasteiger partial charge in [-0.3, -0.25) is 10.1 Å². The van der Waals surface area contributed by atoms with E-state index in [-0.39, 0.29) is 5.91 Å². The first-order valence-electron chi connectivity index (χ1n) is 7.82. The van der Waals surface area contributed by atoms with Crippen LogP contribution in [0.5, 0.6) is 0 Å². The van der Waals surface area contributed by atoms with Crippen LogP contribution in [0.25, 0.3) is 20.8 Å². The summed E-state index contributed by atoms with van der Waals surface area (Å²) in [7, 11) is 1.74. The van der Waals surface area contributed by atoms with Crippen molar-refractivity contribution < 1.29 is 4.79 Å². The SMILES string of the molecule is CNc1nccc(-c2cc(N)c(C(=O)Nc3nc4c(Cl)cccc4s3)s2)n1. The molecule has 4 N–H and O–H groups in total. The van der Waals surface area contributed by atoms with Gasteiger partial charge >= 0.3 is 0 Å². The van der Waals surface area contributed by atoms with Crippen molar-refractivity contribution >= 4 is 67.2 Å². The summed E-state index contributed by atoms with van der Waals surface area (Å²) in [6, 6.07) is 9.01. The lowest BCUT2D eigenvalue weighted by atomic mass is 10.3. The summed E-state index contributed by atoms with van der Waals surface area (Å²) in [6.07, 6.45) is 1.65. The van der Waals surface area contributed by atoms with Crippen LogP contribution in [0.3, 0.4) is 0 Å². The molecule has 4 rings (SSSR count). The second kappa shape index (κ2) is 7.10. The van der Waals surface area contributed by atoms with Crippen molar-refractivity contribution in [3.8, 4) is 10.6 Å². The van der Waals surface area contributed by atoms with Gasteiger partial charge < -0.3 is 11.1 Å². The number of fused-ring (bicyclic) bond motifs is 1. The third-order valence-corrected chi connectivity index (χ3v) is 6.10. The number of halogens is 1. The first-order chi connectivity index (χ1) is 13.0. The van der Waals surface area contributed by atoms with E-state index >= 15 is 0 Å². The van der Waals surface area contributed by atoms with Crippen LogP contribution in [0.1, 0.15) is 9.67 Å². The highest BCUT2D eigenvalue weighted by atomic mass is 35.5. The Hall–Kier alpha value is -2.75. The number of thiophene rings is 1. The highest BCUT2D eigenvalue weighted by Crippen LogP contribution is 2.34. The van der Waals surface area contributed by atoms with Crippen LogP contribution in [0, 0.1) is 0 Å². The molecule has 10 heteroatoms. The average Bonchev–Trinajstić information content (AvgIpc) is 3.26. The van der Waals surface area contributed by atoms with Crippen molar-refractivity contribution in [2.75, 3.05) is 23.4 Å². The maximum Gasteiger partial charge on any atom is 0.269 e. The number of anilines is 3. The van der Waals surface area contributed by atoms with Gasteiger partial charge in [0.05, 0.1) is 26.0 Å². The van der Waals surface area contributed by atoms with E-state index in [1.54, 1.807) is 31.4 Å². The molecule has 27 heavy (non-hydrogen) atoms. The largest absolute Gasteiger partial charge is 0.397 e. The Kier molecular flexibility index (Phi) is 4.65. The molecular formula is C17H13ClN6OS2. The standard InChI is InChI=1S/C17H13ClN6OS2/c1-20-16-21-6-5-10(22-16)12-7-9(19)14(26-12)15(25)24-17-23-13-8(18)3-2-4-11(13)27-17/h2-7H,19H2,1H3,(H,20,21,22)(H,23,24,25). The third kappa shape index (κ3) is 3.44. The van der Waals surface area contributed by atoms with Gasteiger partial charge in [0.15, 0.2) is 5.13 Å². The summed E-state index contributed by atoms with van der Waals surface area (Å²) in [4.78, 5) is 26.7. The summed E-state index contributed by atoms with van der Waals surface area (Å²) in [5, 5.41) is 6.70. The quantitative estimate of drug-likeness (QED) is 0.456. The van der Waals surface area contributed by atoms with Gasteiger partial charge in [-0.15, -0.1) is 11.3 Å². The molecule has 0 atom stereocenters. The van der Waals surface area contributed by atoms with Crippen molar-refractivity contribution in [3.05, 3.63) is 46.4 Å². The van der Waals surface area contributed by atoms with Crippen LogP contribution < -0.4 is 16.4 Å². The maximum absolute atomic E-state index is 12.7. The molecule has 3 aromatic heterocycles. The van der Waals surface area contributed by atoms with E-state index in [1.807, 2.05) is 12.1 Å². The molecule has 0 unspecified atom stereocenters. The van der Waals surface area contributed by atoms with E-state index in [0.717, 1.165) is 9.58 Å². The lowest BCUT2D eigenvalue weighted by molar-refractivity contribution is 0.103. The van der Waals surface area contributed by atoms with Crippen LogP contribution >= 0.6 is 34.3 Å². The normalized spacial score (nSPS) is 10.9. The smallest absolute Gasteiger partial charge is 0.269 e. The van der Waals surface area contributed by atoms with Crippen molar-refractivity contribution in [1.82, 2.24) is 15.0 Å². The second-order valence-corrected chi connectivity index (χ2v) is 7.96. The molecule has 4 aromatic rings. The number of aromatic nitrogens is 3. The van der Waals surface area contributed by atoms with E-state index < -0.39 is 0 Å². The average molecular weight is 417 g/mol. The van der Waals surface area contributed by atoms with Crippen LogP contribution in [0.4, 0.5) is 16.8 Å². The lowest BCUT2D eigenvalue weighted by Crippen LogP contribution is -2.11. The molecule has 0 spiro atoms. The van der Waals surface area contributed by atoms with Gasteiger partial charge in [0.2, 0.25) is 5.95 Å². The number of nitrogens with zero attached hydrogens (tertiary/aromatic N) is 3. The fourth-order valence-electron chi connectivity index (χ4n) is 2.45. The third-order valence-electron chi connectivity index (χ3n) is 3.69. The predicted molar refractivity (Wildman–Crippen MR) is 112 cm³/mol. The number of para-hydroxylation sites is 1. The van der Waals surface area contributed by atoms with Crippen LogP contribution in [-0.4, -0.2) is 27.9 Å². The number of hydrogen-bond acceptors (Lipinski definition) is 8. The summed E-state index contributed by atoms with van der Waals surface area (Å²) >= 11 is 8.76. The Bertz CT molecular complexity index is 1160. The maximum atomic E-state index is 12.7. The molecule has 0 radical (unpaired) electrons. The molecule has 1 aromatic carbocycles. The van der Waals surface area contributed by atoms with Gasteiger partial charge in [0, 0.05) is 13.2 Å². The van der Waals surface area contributed by atoms with Gasteiger partial charge in [0.25, 0.3) is 5.91 Å². The molecule has 1 amide bonds. The predicted octanol–water partition coefficient (Wildman–Crippen LogP) is 4.34. The molecular weight excluding hydrogens is 404 g/mol. The molecule has 3 heterocycles. The molecule has 0 bridgehead atoms. The summed E-state index contributed by atoms with van der Waals surface area (Å²) in [5.41, 5.74) is 7.80. The summed E-state index contributed by atoms with van der Waals surface area (Å²) in [6.45, 7) is 0. The van der Waals surface area contributed by atoms with Crippen molar-refractivity contribution in [2.24, 2.45) is 0 Å². The molecule has 0 aliphatic heterocycles. The van der Waals surface area contributed by atoms with Gasteiger partial charge in [0.1, 0.15) is 10.4 Å². The van der Waals surface area contributed by atoms with E-state index in [0.29, 0.717) is 37.9 Å². The minimum atomic E-state index is -0.318. The topological polar surface area (TPSA) is 106 Å². The number of carbonyl (C=O) groups is 1. The highest BCUT2D eigenvalue weighted by Gasteiger charge is 2.18. The van der Waals surface area contributed by atoms with Gasteiger partial charge in [-0.05, 0) is 24.3 Å². The zero-order valence-corrected chi connectivity index (χ0v) is 16.4. The Morgan fingerprint density at radius 2 is 2.07 bits per heavy atom. The number of nitrogen functional groups attached to an aromatic ring is 1. The molecule has 0 aliphatic carbocycles. The minimum absolute atomic E-state index is 0.318. The molecule has 7 nitrogen and oxygen atoms in total. The van der Waals surface area contributed by atoms with E-state index in [1.165, 1.54) is 22.7 Å². The van der Waals surface area contributed by atoms with Crippen molar-refractivity contribution in [1.29, 1.82) is 0 Å². The minimum Gasteiger partial charge on any atom is -0.397 e. The van der Waals surface area contributed by atoms with Gasteiger partial charge in [-0.1, -0.05) is 29.0 Å². The fourth-order valence-corrected chi connectivity index (χ4v) is 4.55. The Morgan fingerprint density at radius 1 is 1.22 bits per heavy atom. The zero-order valence-electron chi connectivity index (χ0n) is 14.0. The van der Waals surface area contributed by atoms with Crippen molar-refractivity contribution in [2.45, 2.75) is 0 Å². The van der Waals surface area contributed by atoms with Crippen LogP contribution in [0.2, 0.25) is 5.02 Å². The number of thiazole rings is 1. The number of nitrogens with two attached hydrogens (primary N) is 1. The number of amides is 1. The summed E-state index contributed by atoms with van der Waals surface area (Å²) < 4.78 is 0.901. The molecule has 136 valence electrons. The second-order valence-electron chi connectivity index (χ2n) is 5.47. The fraction of sp³-hybridized carbons (Fsp3) is 0.0588. The monoisotopic (exact) mass is 416 g/mol. The van der Waals surface area contributed by atoms with E-state index in [4.69, 9.17) is 17.3 Å². The van der Waals surface area contributed by atoms with Crippen LogP contribution in [0.15, 0.2) is 36.5 Å². The molecule has 0 saturated carbocycles. The Morgan fingerprint density at radius 3 is 2.85 bits per heavy atom. The Balaban J connectivity index is 1.61. The summed E-state index contributed by atoms with van der Waals surface area (Å²) in [5.74, 6) is 0.179. The molecule has 0 saturated heterocycles. The number of nitrogens with one attached hydrogen (secondary N) is 2. The lowest BCUT2D eigenvalue weighted by Gasteiger charge is -2.00. The van der Waals surface area contributed by atoms with E-state index in [9.17, 15) is 4.79 Å². The first-order valence-corrected chi connectivity index (χ1v) is 9.83. The van der Waals surface area contributed by atoms with Gasteiger partial charge in [-0.25, -0.2) is 15.0 Å². The van der Waals surface area contributed by atoms with Crippen LogP contribution in [-0.2, 0) is 0 Å². The Labute approximate surface area is 167 Å². The van der Waals surface area contributed by atoms with E-state index in [2.05, 4.69) is 25.6 Å². The first kappa shape index (κ1) is 17.7. The molecule has 0 aliphatic rings. The number of carbonyl (C=O) groups excluding carboxylic acids is 1. The number of hydrogen-bond donors (Lipinski definition) is 3. The van der Waals surface area contributed by atoms with Crippen molar-refractivity contribution in [3.63, 3.8) is 0 Å². The van der Waals surface area contributed by atoms with Gasteiger partial charge in [-0.2, -0.15) is 0 Å². The zero-order chi connectivity index (χ0) is 19.0. The number of rotatable bonds is 4. The molecule has 0 fully saturated rings.